The molecule has 2 rings (SSSR count). The summed E-state index contributed by atoms with van der Waals surface area (Å²) >= 11 is 0. The van der Waals surface area contributed by atoms with Crippen molar-refractivity contribution in [2.75, 3.05) is 19.4 Å². The summed E-state index contributed by atoms with van der Waals surface area (Å²) in [5.41, 5.74) is 0.845. The number of carbonyl (C=O) groups excluding carboxylic acids is 1. The van der Waals surface area contributed by atoms with Gasteiger partial charge in [-0.15, -0.1) is 0 Å². The number of nitrogens with zero attached hydrogens (tertiary/aromatic N) is 2. The first kappa shape index (κ1) is 15.2. The third kappa shape index (κ3) is 3.11. The normalized spacial score (nSPS) is 11.6. The number of aryl methyl sites for hydroxylation is 1. The summed E-state index contributed by atoms with van der Waals surface area (Å²) < 4.78 is 25.6. The number of rotatable bonds is 4. The minimum Gasteiger partial charge on any atom is -0.307 e. The number of sulfonamides is 1. The fraction of sp³-hybridized carbons (Fsp3) is 0.231. The lowest BCUT2D eigenvalue weighted by Gasteiger charge is -2.14. The Morgan fingerprint density at radius 2 is 2.00 bits per heavy atom. The molecule has 0 saturated heterocycles. The van der Waals surface area contributed by atoms with Crippen LogP contribution in [0.5, 0.6) is 0 Å². The van der Waals surface area contributed by atoms with E-state index in [0.717, 1.165) is 4.31 Å². The second-order valence-corrected chi connectivity index (χ2v) is 6.81. The van der Waals surface area contributed by atoms with Crippen molar-refractivity contribution >= 4 is 21.7 Å². The molecule has 0 aliphatic heterocycles. The lowest BCUT2D eigenvalue weighted by atomic mass is 10.1. The zero-order valence-corrected chi connectivity index (χ0v) is 12.7. The molecular formula is C13H16N4O3S. The van der Waals surface area contributed by atoms with Crippen molar-refractivity contribution in [2.24, 2.45) is 0 Å². The van der Waals surface area contributed by atoms with E-state index in [1.165, 1.54) is 26.4 Å². The van der Waals surface area contributed by atoms with Crippen LogP contribution in [0.1, 0.15) is 15.9 Å². The van der Waals surface area contributed by atoms with Crippen LogP contribution >= 0.6 is 0 Å². The van der Waals surface area contributed by atoms with Crippen LogP contribution in [0, 0.1) is 6.92 Å². The standard InChI is InChI=1S/C13H16N4O3S/c1-9-4-5-10(8-11(9)21(19,20)17(2)3)13(18)15-12-6-7-14-16-12/h4-8H,1-3H3,(H2,14,15,16,18). The smallest absolute Gasteiger partial charge is 0.256 e. The van der Waals surface area contributed by atoms with Crippen molar-refractivity contribution in [3.63, 3.8) is 0 Å². The molecule has 0 spiro atoms. The number of H-pyrrole nitrogens is 1. The van der Waals surface area contributed by atoms with Crippen molar-refractivity contribution in [1.82, 2.24) is 14.5 Å². The Bertz CT molecular complexity index is 752. The van der Waals surface area contributed by atoms with Gasteiger partial charge < -0.3 is 5.32 Å². The zero-order chi connectivity index (χ0) is 15.6. The summed E-state index contributed by atoms with van der Waals surface area (Å²) in [5.74, 6) is 0.0343. The van der Waals surface area contributed by atoms with Crippen LogP contribution in [-0.2, 0) is 10.0 Å². The van der Waals surface area contributed by atoms with Crippen molar-refractivity contribution in [2.45, 2.75) is 11.8 Å². The van der Waals surface area contributed by atoms with Gasteiger partial charge in [0.15, 0.2) is 0 Å². The van der Waals surface area contributed by atoms with E-state index in [4.69, 9.17) is 0 Å². The molecule has 0 aliphatic carbocycles. The largest absolute Gasteiger partial charge is 0.307 e. The fourth-order valence-corrected chi connectivity index (χ4v) is 2.88. The van der Waals surface area contributed by atoms with Gasteiger partial charge in [-0.25, -0.2) is 12.7 Å². The number of anilines is 1. The highest BCUT2D eigenvalue weighted by atomic mass is 32.2. The summed E-state index contributed by atoms with van der Waals surface area (Å²) in [6.45, 7) is 1.69. The first-order chi connectivity index (χ1) is 9.82. The third-order valence-electron chi connectivity index (χ3n) is 2.96. The monoisotopic (exact) mass is 308 g/mol. The first-order valence-corrected chi connectivity index (χ1v) is 7.60. The molecule has 0 unspecified atom stereocenters. The van der Waals surface area contributed by atoms with E-state index < -0.39 is 15.9 Å². The Morgan fingerprint density at radius 1 is 1.29 bits per heavy atom. The highest BCUT2D eigenvalue weighted by molar-refractivity contribution is 7.89. The van der Waals surface area contributed by atoms with Gasteiger partial charge in [-0.05, 0) is 24.6 Å². The maximum absolute atomic E-state index is 12.2. The molecule has 21 heavy (non-hydrogen) atoms. The summed E-state index contributed by atoms with van der Waals surface area (Å²) in [6, 6.07) is 6.16. The predicted octanol–water partition coefficient (Wildman–Crippen LogP) is 1.22. The van der Waals surface area contributed by atoms with Crippen molar-refractivity contribution in [1.29, 1.82) is 0 Å². The summed E-state index contributed by atoms with van der Waals surface area (Å²) in [4.78, 5) is 12.2. The van der Waals surface area contributed by atoms with Crippen LogP contribution in [0.15, 0.2) is 35.4 Å². The summed E-state index contributed by atoms with van der Waals surface area (Å²) in [7, 11) is -0.691. The summed E-state index contributed by atoms with van der Waals surface area (Å²) in [5, 5.41) is 8.92. The van der Waals surface area contributed by atoms with Crippen LogP contribution in [0.2, 0.25) is 0 Å². The molecule has 2 N–H and O–H groups in total. The molecule has 0 bridgehead atoms. The van der Waals surface area contributed by atoms with Crippen molar-refractivity contribution < 1.29 is 13.2 Å². The van der Waals surface area contributed by atoms with E-state index in [-0.39, 0.29) is 10.5 Å². The fourth-order valence-electron chi connectivity index (χ4n) is 1.74. The molecule has 0 aliphatic rings. The van der Waals surface area contributed by atoms with Crippen LogP contribution in [0.25, 0.3) is 0 Å². The Balaban J connectivity index is 2.37. The van der Waals surface area contributed by atoms with E-state index >= 15 is 0 Å². The van der Waals surface area contributed by atoms with E-state index in [9.17, 15) is 13.2 Å². The van der Waals surface area contributed by atoms with Gasteiger partial charge in [-0.2, -0.15) is 5.10 Å². The Hall–Kier alpha value is -2.19. The second-order valence-electron chi connectivity index (χ2n) is 4.69. The second kappa shape index (κ2) is 5.66. The lowest BCUT2D eigenvalue weighted by molar-refractivity contribution is 0.102. The molecule has 7 nitrogen and oxygen atoms in total. The van der Waals surface area contributed by atoms with Crippen molar-refractivity contribution in [3.8, 4) is 0 Å². The van der Waals surface area contributed by atoms with Crippen LogP contribution in [-0.4, -0.2) is 42.9 Å². The Kier molecular flexibility index (Phi) is 4.10. The number of nitrogens with one attached hydrogen (secondary N) is 2. The Labute approximate surface area is 123 Å². The molecule has 1 heterocycles. The lowest BCUT2D eigenvalue weighted by Crippen LogP contribution is -2.23. The number of hydrogen-bond acceptors (Lipinski definition) is 4. The van der Waals surface area contributed by atoms with Gasteiger partial charge in [0.2, 0.25) is 10.0 Å². The molecule has 1 amide bonds. The molecule has 0 atom stereocenters. The van der Waals surface area contributed by atoms with E-state index in [2.05, 4.69) is 15.5 Å². The van der Waals surface area contributed by atoms with Crippen molar-refractivity contribution in [3.05, 3.63) is 41.6 Å². The molecule has 2 aromatic rings. The predicted molar refractivity (Wildman–Crippen MR) is 78.6 cm³/mol. The van der Waals surface area contributed by atoms with Gasteiger partial charge in [0.1, 0.15) is 5.82 Å². The molecule has 8 heteroatoms. The maximum Gasteiger partial charge on any atom is 0.256 e. The topological polar surface area (TPSA) is 95.2 Å². The average Bonchev–Trinajstić information content (AvgIpc) is 2.91. The Morgan fingerprint density at radius 3 is 2.57 bits per heavy atom. The van der Waals surface area contributed by atoms with Crippen LogP contribution in [0.3, 0.4) is 0 Å². The van der Waals surface area contributed by atoms with Gasteiger partial charge in [0.05, 0.1) is 11.1 Å². The minimum atomic E-state index is -3.59. The highest BCUT2D eigenvalue weighted by Gasteiger charge is 2.21. The number of aromatic nitrogens is 2. The van der Waals surface area contributed by atoms with Gasteiger partial charge in [0.25, 0.3) is 5.91 Å². The molecule has 1 aromatic carbocycles. The highest BCUT2D eigenvalue weighted by Crippen LogP contribution is 2.20. The van der Waals surface area contributed by atoms with Gasteiger partial charge in [0, 0.05) is 25.7 Å². The first-order valence-electron chi connectivity index (χ1n) is 6.16. The van der Waals surface area contributed by atoms with E-state index in [1.807, 2.05) is 0 Å². The zero-order valence-electron chi connectivity index (χ0n) is 11.9. The molecule has 0 radical (unpaired) electrons. The van der Waals surface area contributed by atoms with Gasteiger partial charge >= 0.3 is 0 Å². The number of benzene rings is 1. The molecule has 0 saturated carbocycles. The maximum atomic E-state index is 12.2. The number of aromatic amines is 1. The van der Waals surface area contributed by atoms with Crippen LogP contribution in [0.4, 0.5) is 5.82 Å². The molecule has 0 fully saturated rings. The molecule has 1 aromatic heterocycles. The van der Waals surface area contributed by atoms with E-state index in [1.54, 1.807) is 25.1 Å². The number of carbonyl (C=O) groups is 1. The van der Waals surface area contributed by atoms with Crippen LogP contribution < -0.4 is 5.32 Å². The SMILES string of the molecule is Cc1ccc(C(=O)Nc2ccn[nH]2)cc1S(=O)(=O)N(C)C. The van der Waals surface area contributed by atoms with E-state index in [0.29, 0.717) is 11.4 Å². The summed E-state index contributed by atoms with van der Waals surface area (Å²) in [6.07, 6.45) is 1.51. The third-order valence-corrected chi connectivity index (χ3v) is 4.91. The molecule has 112 valence electrons. The quantitative estimate of drug-likeness (QED) is 0.888. The van der Waals surface area contributed by atoms with Gasteiger partial charge in [-0.3, -0.25) is 9.89 Å². The average molecular weight is 308 g/mol. The number of amides is 1. The minimum absolute atomic E-state index is 0.116. The molecular weight excluding hydrogens is 292 g/mol. The number of hydrogen-bond donors (Lipinski definition) is 2. The van der Waals surface area contributed by atoms with Gasteiger partial charge in [-0.1, -0.05) is 6.07 Å².